The number of nitro groups is 1. The van der Waals surface area contributed by atoms with Crippen molar-refractivity contribution in [1.29, 1.82) is 0 Å². The zero-order chi connectivity index (χ0) is 19.4. The summed E-state index contributed by atoms with van der Waals surface area (Å²) in [4.78, 5) is 26.6. The summed E-state index contributed by atoms with van der Waals surface area (Å²) < 4.78 is 5.63. The number of rotatable bonds is 5. The summed E-state index contributed by atoms with van der Waals surface area (Å²) in [5.41, 5.74) is 1.88. The quantitative estimate of drug-likeness (QED) is 0.579. The molecule has 1 amide bonds. The molecule has 0 N–H and O–H groups in total. The molecule has 27 heavy (non-hydrogen) atoms. The lowest BCUT2D eigenvalue weighted by Crippen LogP contribution is -2.50. The lowest BCUT2D eigenvalue weighted by molar-refractivity contribution is -0.384. The number of carbonyl (C=O) groups excluding carboxylic acids is 1. The number of carbonyl (C=O) groups is 1. The van der Waals surface area contributed by atoms with E-state index in [2.05, 4.69) is 4.90 Å². The van der Waals surface area contributed by atoms with Crippen LogP contribution in [0.15, 0.2) is 42.5 Å². The topological polar surface area (TPSA) is 75.9 Å². The molecule has 8 heteroatoms. The largest absolute Gasteiger partial charge is 0.483 e. The van der Waals surface area contributed by atoms with E-state index in [0.29, 0.717) is 37.0 Å². The van der Waals surface area contributed by atoms with Crippen molar-refractivity contribution >= 4 is 28.9 Å². The molecule has 0 spiro atoms. The van der Waals surface area contributed by atoms with Crippen molar-refractivity contribution in [3.8, 4) is 5.75 Å². The Bertz CT molecular complexity index is 833. The van der Waals surface area contributed by atoms with Gasteiger partial charge in [-0.3, -0.25) is 14.9 Å². The number of hydrogen-bond acceptors (Lipinski definition) is 5. The molecule has 3 rings (SSSR count). The predicted molar refractivity (Wildman–Crippen MR) is 104 cm³/mol. The molecule has 0 bridgehead atoms. The first kappa shape index (κ1) is 19.0. The van der Waals surface area contributed by atoms with Crippen LogP contribution in [0.5, 0.6) is 5.75 Å². The number of nitrogens with zero attached hydrogens (tertiary/aromatic N) is 3. The highest BCUT2D eigenvalue weighted by Gasteiger charge is 2.22. The molecular weight excluding hydrogens is 370 g/mol. The van der Waals surface area contributed by atoms with Crippen LogP contribution < -0.4 is 9.64 Å². The summed E-state index contributed by atoms with van der Waals surface area (Å²) in [6, 6.07) is 11.8. The van der Waals surface area contributed by atoms with Crippen LogP contribution in [0.25, 0.3) is 0 Å². The predicted octanol–water partition coefficient (Wildman–Crippen LogP) is 3.28. The Labute approximate surface area is 162 Å². The third-order valence-corrected chi connectivity index (χ3v) is 4.78. The zero-order valence-electron chi connectivity index (χ0n) is 14.9. The van der Waals surface area contributed by atoms with Crippen LogP contribution in [0.1, 0.15) is 5.56 Å². The Morgan fingerprint density at radius 3 is 2.41 bits per heavy atom. The van der Waals surface area contributed by atoms with Crippen molar-refractivity contribution in [3.05, 3.63) is 63.2 Å². The van der Waals surface area contributed by atoms with E-state index in [1.807, 2.05) is 6.92 Å². The standard InChI is InChI=1S/C19H20ClN3O4/c1-14-12-15(20)2-7-18(14)27-13-19(24)22-10-8-21(9-11-22)16-3-5-17(6-4-16)23(25)26/h2-7,12H,8-11,13H2,1H3. The second-order valence-electron chi connectivity index (χ2n) is 6.34. The van der Waals surface area contributed by atoms with E-state index < -0.39 is 4.92 Å². The minimum absolute atomic E-state index is 0.0139. The van der Waals surface area contributed by atoms with Gasteiger partial charge in [-0.05, 0) is 42.8 Å². The lowest BCUT2D eigenvalue weighted by atomic mass is 10.2. The van der Waals surface area contributed by atoms with Gasteiger partial charge in [0.05, 0.1) is 4.92 Å². The van der Waals surface area contributed by atoms with Gasteiger partial charge in [0, 0.05) is 49.0 Å². The van der Waals surface area contributed by atoms with Crippen molar-refractivity contribution in [2.75, 3.05) is 37.7 Å². The highest BCUT2D eigenvalue weighted by atomic mass is 35.5. The molecule has 7 nitrogen and oxygen atoms in total. The van der Waals surface area contributed by atoms with Crippen molar-refractivity contribution in [2.45, 2.75) is 6.92 Å². The van der Waals surface area contributed by atoms with Crippen molar-refractivity contribution in [2.24, 2.45) is 0 Å². The van der Waals surface area contributed by atoms with E-state index in [1.165, 1.54) is 12.1 Å². The Hall–Kier alpha value is -2.80. The Kier molecular flexibility index (Phi) is 5.81. The van der Waals surface area contributed by atoms with Gasteiger partial charge in [-0.25, -0.2) is 0 Å². The number of ether oxygens (including phenoxy) is 1. The molecule has 2 aromatic rings. The summed E-state index contributed by atoms with van der Waals surface area (Å²) in [6.45, 7) is 4.37. The van der Waals surface area contributed by atoms with Crippen molar-refractivity contribution in [1.82, 2.24) is 4.90 Å². The average molecular weight is 390 g/mol. The first-order valence-corrected chi connectivity index (χ1v) is 8.98. The minimum atomic E-state index is -0.414. The van der Waals surface area contributed by atoms with E-state index in [9.17, 15) is 14.9 Å². The van der Waals surface area contributed by atoms with Crippen LogP contribution in [0, 0.1) is 17.0 Å². The van der Waals surface area contributed by atoms with Crippen LogP contribution in [0.2, 0.25) is 5.02 Å². The van der Waals surface area contributed by atoms with Crippen molar-refractivity contribution < 1.29 is 14.5 Å². The summed E-state index contributed by atoms with van der Waals surface area (Å²) >= 11 is 5.92. The highest BCUT2D eigenvalue weighted by molar-refractivity contribution is 6.30. The molecule has 1 heterocycles. The molecule has 1 aliphatic heterocycles. The summed E-state index contributed by atoms with van der Waals surface area (Å²) in [7, 11) is 0. The molecule has 0 unspecified atom stereocenters. The number of anilines is 1. The Morgan fingerprint density at radius 2 is 1.81 bits per heavy atom. The molecule has 1 aliphatic rings. The highest BCUT2D eigenvalue weighted by Crippen LogP contribution is 2.23. The van der Waals surface area contributed by atoms with Crippen LogP contribution in [-0.4, -0.2) is 48.5 Å². The molecule has 0 aliphatic carbocycles. The van der Waals surface area contributed by atoms with Gasteiger partial charge >= 0.3 is 0 Å². The minimum Gasteiger partial charge on any atom is -0.483 e. The molecule has 2 aromatic carbocycles. The summed E-state index contributed by atoms with van der Waals surface area (Å²) in [5, 5.41) is 11.4. The maximum atomic E-state index is 12.4. The van der Waals surface area contributed by atoms with Gasteiger partial charge in [0.25, 0.3) is 11.6 Å². The second-order valence-corrected chi connectivity index (χ2v) is 6.78. The molecule has 142 valence electrons. The van der Waals surface area contributed by atoms with Gasteiger partial charge in [0.1, 0.15) is 5.75 Å². The Morgan fingerprint density at radius 1 is 1.15 bits per heavy atom. The van der Waals surface area contributed by atoms with Gasteiger partial charge in [0.2, 0.25) is 0 Å². The molecule has 0 aromatic heterocycles. The number of aryl methyl sites for hydroxylation is 1. The molecule has 1 saturated heterocycles. The first-order chi connectivity index (χ1) is 12.9. The number of amides is 1. The first-order valence-electron chi connectivity index (χ1n) is 8.60. The van der Waals surface area contributed by atoms with E-state index >= 15 is 0 Å². The molecule has 0 saturated carbocycles. The molecular formula is C19H20ClN3O4. The number of nitro benzene ring substituents is 1. The number of non-ortho nitro benzene ring substituents is 1. The van der Waals surface area contributed by atoms with E-state index in [1.54, 1.807) is 35.2 Å². The second kappa shape index (κ2) is 8.26. The fraction of sp³-hybridized carbons (Fsp3) is 0.316. The maximum absolute atomic E-state index is 12.4. The van der Waals surface area contributed by atoms with E-state index in [-0.39, 0.29) is 18.2 Å². The average Bonchev–Trinajstić information content (AvgIpc) is 2.67. The van der Waals surface area contributed by atoms with Crippen LogP contribution in [-0.2, 0) is 4.79 Å². The maximum Gasteiger partial charge on any atom is 0.269 e. The lowest BCUT2D eigenvalue weighted by Gasteiger charge is -2.36. The molecule has 1 fully saturated rings. The SMILES string of the molecule is Cc1cc(Cl)ccc1OCC(=O)N1CCN(c2ccc([N+](=O)[O-])cc2)CC1. The van der Waals surface area contributed by atoms with Gasteiger partial charge in [-0.15, -0.1) is 0 Å². The van der Waals surface area contributed by atoms with Gasteiger partial charge in [0.15, 0.2) is 6.61 Å². The van der Waals surface area contributed by atoms with Crippen LogP contribution in [0.4, 0.5) is 11.4 Å². The van der Waals surface area contributed by atoms with Gasteiger partial charge in [-0.1, -0.05) is 11.6 Å². The fourth-order valence-electron chi connectivity index (χ4n) is 3.00. The van der Waals surface area contributed by atoms with Crippen LogP contribution >= 0.6 is 11.6 Å². The third-order valence-electron chi connectivity index (χ3n) is 4.55. The monoisotopic (exact) mass is 389 g/mol. The third kappa shape index (κ3) is 4.68. The normalized spacial score (nSPS) is 14.1. The smallest absolute Gasteiger partial charge is 0.269 e. The summed E-state index contributed by atoms with van der Waals surface area (Å²) in [6.07, 6.45) is 0. The molecule has 0 atom stereocenters. The van der Waals surface area contributed by atoms with Gasteiger partial charge < -0.3 is 14.5 Å². The van der Waals surface area contributed by atoms with E-state index in [0.717, 1.165) is 11.3 Å². The molecule has 0 radical (unpaired) electrons. The van der Waals surface area contributed by atoms with Crippen molar-refractivity contribution in [3.63, 3.8) is 0 Å². The fourth-order valence-corrected chi connectivity index (χ4v) is 3.23. The number of piperazine rings is 1. The zero-order valence-corrected chi connectivity index (χ0v) is 15.7. The number of hydrogen-bond donors (Lipinski definition) is 0. The van der Waals surface area contributed by atoms with E-state index in [4.69, 9.17) is 16.3 Å². The van der Waals surface area contributed by atoms with Gasteiger partial charge in [-0.2, -0.15) is 0 Å². The number of benzene rings is 2. The number of halogens is 1. The van der Waals surface area contributed by atoms with Crippen LogP contribution in [0.3, 0.4) is 0 Å². The Balaban J connectivity index is 1.51. The summed E-state index contributed by atoms with van der Waals surface area (Å²) in [5.74, 6) is 0.588.